The zero-order chi connectivity index (χ0) is 13.9. The quantitative estimate of drug-likeness (QED) is 0.762. The molecule has 110 valence electrons. The standard InChI is InChI=1S/C15H23N3O2/c1-3-7-19-14-5-4-13-15(14)20-8-6-18(13)11-12-9-16-17(2)10-12/h3,9-10,13-15H,1,4-8,11H2,2H3/t13-,14-,15-/m1/s1. The van der Waals surface area contributed by atoms with E-state index in [1.807, 2.05) is 24.0 Å². The van der Waals surface area contributed by atoms with Crippen molar-refractivity contribution in [3.05, 3.63) is 30.6 Å². The number of aromatic nitrogens is 2. The van der Waals surface area contributed by atoms with Crippen LogP contribution in [0.5, 0.6) is 0 Å². The van der Waals surface area contributed by atoms with E-state index in [2.05, 4.69) is 22.8 Å². The van der Waals surface area contributed by atoms with Crippen LogP contribution in [0.1, 0.15) is 18.4 Å². The Balaban J connectivity index is 1.63. The molecule has 1 aliphatic carbocycles. The van der Waals surface area contributed by atoms with Crippen molar-refractivity contribution in [3.8, 4) is 0 Å². The van der Waals surface area contributed by atoms with Crippen molar-refractivity contribution >= 4 is 0 Å². The molecule has 0 aromatic carbocycles. The van der Waals surface area contributed by atoms with Crippen LogP contribution in [0.4, 0.5) is 0 Å². The van der Waals surface area contributed by atoms with Gasteiger partial charge in [-0.1, -0.05) is 6.08 Å². The molecule has 5 heteroatoms. The van der Waals surface area contributed by atoms with Crippen LogP contribution in [0.2, 0.25) is 0 Å². The lowest BCUT2D eigenvalue weighted by Gasteiger charge is -2.38. The first kappa shape index (κ1) is 13.8. The number of morpholine rings is 1. The Labute approximate surface area is 120 Å². The Bertz CT molecular complexity index is 460. The van der Waals surface area contributed by atoms with Crippen molar-refractivity contribution in [2.45, 2.75) is 37.6 Å². The van der Waals surface area contributed by atoms with Gasteiger partial charge in [-0.15, -0.1) is 6.58 Å². The van der Waals surface area contributed by atoms with E-state index in [9.17, 15) is 0 Å². The van der Waals surface area contributed by atoms with E-state index >= 15 is 0 Å². The Hall–Kier alpha value is -1.17. The summed E-state index contributed by atoms with van der Waals surface area (Å²) >= 11 is 0. The highest BCUT2D eigenvalue weighted by Crippen LogP contribution is 2.32. The largest absolute Gasteiger partial charge is 0.373 e. The van der Waals surface area contributed by atoms with Gasteiger partial charge >= 0.3 is 0 Å². The van der Waals surface area contributed by atoms with Crippen molar-refractivity contribution in [1.82, 2.24) is 14.7 Å². The molecule has 3 atom stereocenters. The van der Waals surface area contributed by atoms with Gasteiger partial charge in [0.15, 0.2) is 0 Å². The van der Waals surface area contributed by atoms with Crippen LogP contribution in [0.15, 0.2) is 25.0 Å². The Morgan fingerprint density at radius 2 is 2.45 bits per heavy atom. The zero-order valence-corrected chi connectivity index (χ0v) is 12.1. The fourth-order valence-corrected chi connectivity index (χ4v) is 3.35. The lowest BCUT2D eigenvalue weighted by Crippen LogP contribution is -2.51. The Morgan fingerprint density at radius 3 is 3.20 bits per heavy atom. The van der Waals surface area contributed by atoms with Crippen LogP contribution in [0.25, 0.3) is 0 Å². The van der Waals surface area contributed by atoms with E-state index < -0.39 is 0 Å². The minimum Gasteiger partial charge on any atom is -0.373 e. The predicted molar refractivity (Wildman–Crippen MR) is 76.3 cm³/mol. The third-order valence-electron chi connectivity index (χ3n) is 4.22. The van der Waals surface area contributed by atoms with E-state index in [4.69, 9.17) is 9.47 Å². The monoisotopic (exact) mass is 277 g/mol. The smallest absolute Gasteiger partial charge is 0.0992 e. The molecule has 1 saturated carbocycles. The molecule has 2 heterocycles. The van der Waals surface area contributed by atoms with E-state index in [0.29, 0.717) is 12.6 Å². The molecule has 0 unspecified atom stereocenters. The van der Waals surface area contributed by atoms with Crippen molar-refractivity contribution in [2.24, 2.45) is 7.05 Å². The van der Waals surface area contributed by atoms with Gasteiger partial charge in [-0.25, -0.2) is 0 Å². The van der Waals surface area contributed by atoms with Crippen molar-refractivity contribution < 1.29 is 9.47 Å². The number of ether oxygens (including phenoxy) is 2. The number of aryl methyl sites for hydroxylation is 1. The van der Waals surface area contributed by atoms with Crippen LogP contribution < -0.4 is 0 Å². The maximum Gasteiger partial charge on any atom is 0.0992 e. The van der Waals surface area contributed by atoms with Gasteiger partial charge in [0.05, 0.1) is 31.6 Å². The van der Waals surface area contributed by atoms with Crippen LogP contribution in [0.3, 0.4) is 0 Å². The minimum atomic E-state index is 0.209. The summed E-state index contributed by atoms with van der Waals surface area (Å²) in [6, 6.07) is 0.471. The van der Waals surface area contributed by atoms with Crippen LogP contribution in [-0.2, 0) is 23.1 Å². The maximum absolute atomic E-state index is 5.96. The molecule has 1 aromatic rings. The Kier molecular flexibility index (Phi) is 4.19. The highest BCUT2D eigenvalue weighted by Gasteiger charge is 2.43. The molecule has 0 radical (unpaired) electrons. The number of hydrogen-bond acceptors (Lipinski definition) is 4. The van der Waals surface area contributed by atoms with Crippen LogP contribution >= 0.6 is 0 Å². The van der Waals surface area contributed by atoms with Gasteiger partial charge < -0.3 is 9.47 Å². The summed E-state index contributed by atoms with van der Waals surface area (Å²) in [5.41, 5.74) is 1.27. The van der Waals surface area contributed by atoms with Gasteiger partial charge in [0.1, 0.15) is 0 Å². The summed E-state index contributed by atoms with van der Waals surface area (Å²) in [4.78, 5) is 2.52. The summed E-state index contributed by atoms with van der Waals surface area (Å²) in [5.74, 6) is 0. The second-order valence-corrected chi connectivity index (χ2v) is 5.63. The highest BCUT2D eigenvalue weighted by molar-refractivity contribution is 5.06. The van der Waals surface area contributed by atoms with Crippen molar-refractivity contribution in [2.75, 3.05) is 19.8 Å². The molecule has 3 rings (SSSR count). The average Bonchev–Trinajstić information content (AvgIpc) is 3.04. The first-order valence-electron chi connectivity index (χ1n) is 7.33. The molecule has 2 fully saturated rings. The van der Waals surface area contributed by atoms with Gasteiger partial charge in [-0.05, 0) is 12.8 Å². The third kappa shape index (κ3) is 2.80. The molecule has 1 aromatic heterocycles. The normalized spacial score (nSPS) is 30.4. The third-order valence-corrected chi connectivity index (χ3v) is 4.22. The molecule has 1 saturated heterocycles. The molecule has 0 spiro atoms. The van der Waals surface area contributed by atoms with Gasteiger partial charge in [-0.3, -0.25) is 9.58 Å². The summed E-state index contributed by atoms with van der Waals surface area (Å²) in [6.07, 6.45) is 8.49. The first-order chi connectivity index (χ1) is 9.78. The van der Waals surface area contributed by atoms with Gasteiger partial charge in [0.2, 0.25) is 0 Å². The van der Waals surface area contributed by atoms with Crippen LogP contribution in [0, 0.1) is 0 Å². The fraction of sp³-hybridized carbons (Fsp3) is 0.667. The Morgan fingerprint density at radius 1 is 1.55 bits per heavy atom. The summed E-state index contributed by atoms with van der Waals surface area (Å²) in [6.45, 7) is 7.05. The van der Waals surface area contributed by atoms with Gasteiger partial charge in [0.25, 0.3) is 0 Å². The molecule has 0 amide bonds. The topological polar surface area (TPSA) is 39.5 Å². The SMILES string of the molecule is C=CCO[C@@H]1CC[C@@H]2[C@H]1OCCN2Cc1cnn(C)c1. The zero-order valence-electron chi connectivity index (χ0n) is 12.1. The van der Waals surface area contributed by atoms with E-state index in [-0.39, 0.29) is 12.2 Å². The lowest BCUT2D eigenvalue weighted by molar-refractivity contribution is -0.111. The second-order valence-electron chi connectivity index (χ2n) is 5.63. The van der Waals surface area contributed by atoms with Crippen molar-refractivity contribution in [1.29, 1.82) is 0 Å². The highest BCUT2D eigenvalue weighted by atomic mass is 16.5. The average molecular weight is 277 g/mol. The van der Waals surface area contributed by atoms with Gasteiger partial charge in [0, 0.05) is 37.9 Å². The fourth-order valence-electron chi connectivity index (χ4n) is 3.35. The second kappa shape index (κ2) is 6.08. The number of rotatable bonds is 5. The van der Waals surface area contributed by atoms with Crippen molar-refractivity contribution in [3.63, 3.8) is 0 Å². The molecule has 0 bridgehead atoms. The number of hydrogen-bond donors (Lipinski definition) is 0. The van der Waals surface area contributed by atoms with E-state index in [1.54, 1.807) is 0 Å². The summed E-state index contributed by atoms with van der Waals surface area (Å²) < 4.78 is 13.7. The van der Waals surface area contributed by atoms with E-state index in [1.165, 1.54) is 5.56 Å². The molecule has 2 aliphatic rings. The molecular weight excluding hydrogens is 254 g/mol. The maximum atomic E-state index is 5.96. The molecular formula is C15H23N3O2. The molecule has 0 N–H and O–H groups in total. The number of fused-ring (bicyclic) bond motifs is 1. The van der Waals surface area contributed by atoms with Gasteiger partial charge in [-0.2, -0.15) is 5.10 Å². The molecule has 5 nitrogen and oxygen atoms in total. The first-order valence-corrected chi connectivity index (χ1v) is 7.33. The molecule has 1 aliphatic heterocycles. The summed E-state index contributed by atoms with van der Waals surface area (Å²) in [5, 5.41) is 4.25. The molecule has 20 heavy (non-hydrogen) atoms. The summed E-state index contributed by atoms with van der Waals surface area (Å²) in [7, 11) is 1.96. The van der Waals surface area contributed by atoms with Crippen LogP contribution in [-0.4, -0.2) is 52.7 Å². The minimum absolute atomic E-state index is 0.209. The number of nitrogens with zero attached hydrogens (tertiary/aromatic N) is 3. The lowest BCUT2D eigenvalue weighted by atomic mass is 10.1. The predicted octanol–water partition coefficient (Wildman–Crippen LogP) is 1.35. The van der Waals surface area contributed by atoms with E-state index in [0.717, 1.165) is 32.5 Å².